The van der Waals surface area contributed by atoms with Crippen molar-refractivity contribution in [1.29, 1.82) is 5.26 Å². The van der Waals surface area contributed by atoms with Gasteiger partial charge in [0, 0.05) is 6.42 Å². The van der Waals surface area contributed by atoms with Crippen molar-refractivity contribution in [1.82, 2.24) is 15.5 Å². The normalized spacial score (nSPS) is 26.1. The Morgan fingerprint density at radius 1 is 1.52 bits per heavy atom. The molecule has 1 heterocycles. The van der Waals surface area contributed by atoms with E-state index in [0.717, 1.165) is 0 Å². The number of nitrogens with zero attached hydrogens (tertiary/aromatic N) is 3. The van der Waals surface area contributed by atoms with Crippen LogP contribution in [0.3, 0.4) is 0 Å². The van der Waals surface area contributed by atoms with Gasteiger partial charge in [-0.3, -0.25) is 4.79 Å². The summed E-state index contributed by atoms with van der Waals surface area (Å²) in [7, 11) is 0. The molecule has 1 unspecified atom stereocenters. The van der Waals surface area contributed by atoms with Crippen molar-refractivity contribution in [3.8, 4) is 6.07 Å². The highest BCUT2D eigenvalue weighted by Crippen LogP contribution is 2.47. The number of hydrogen-bond acceptors (Lipinski definition) is 10. The van der Waals surface area contributed by atoms with E-state index in [0.29, 0.717) is 0 Å². The maximum Gasteiger partial charge on any atom is 0.335 e. The molecule has 27 heavy (non-hydrogen) atoms. The van der Waals surface area contributed by atoms with Gasteiger partial charge in [-0.05, 0) is 25.7 Å². The van der Waals surface area contributed by atoms with Crippen molar-refractivity contribution < 1.29 is 29.3 Å². The highest BCUT2D eigenvalue weighted by Gasteiger charge is 2.54. The van der Waals surface area contributed by atoms with E-state index in [1.54, 1.807) is 0 Å². The Hall–Kier alpha value is -2.59. The maximum absolute atomic E-state index is 12.4. The van der Waals surface area contributed by atoms with Gasteiger partial charge in [0.15, 0.2) is 0 Å². The number of nitrogens with one attached hydrogen (secondary N) is 1. The summed E-state index contributed by atoms with van der Waals surface area (Å²) in [6.07, 6.45) is -0.272. The average Bonchev–Trinajstić information content (AvgIpc) is 3.07. The minimum absolute atomic E-state index is 0.0400. The van der Waals surface area contributed by atoms with Gasteiger partial charge in [0.1, 0.15) is 11.6 Å². The number of carbonyl (C=O) groups is 2. The zero-order valence-corrected chi connectivity index (χ0v) is 14.6. The Morgan fingerprint density at radius 2 is 2.15 bits per heavy atom. The second-order valence-corrected chi connectivity index (χ2v) is 6.82. The van der Waals surface area contributed by atoms with Crippen LogP contribution in [0.15, 0.2) is 4.42 Å². The van der Waals surface area contributed by atoms with Crippen LogP contribution in [-0.4, -0.2) is 55.6 Å². The van der Waals surface area contributed by atoms with Crippen LogP contribution in [-0.2, 0) is 15.1 Å². The zero-order valence-electron chi connectivity index (χ0n) is 14.6. The molecule has 12 nitrogen and oxygen atoms in total. The van der Waals surface area contributed by atoms with Gasteiger partial charge in [0.2, 0.25) is 17.3 Å². The number of nitrogens with two attached hydrogens (primary N) is 2. The minimum atomic E-state index is -2.55. The Labute approximate surface area is 154 Å². The first-order chi connectivity index (χ1) is 12.6. The standard InChI is InChI=1S/C15H22N6O6/c1-7(23)9(17)10-20-21-12(27-10)14(4-8(5-14)2-3-16)19-11(24)15(18,6-22)13(25)26/h7-9,22-23H,2,4-6,17-18H2,1H3,(H,19,24)(H,25,26)/t7-,8?,9+,14?,15?/m1/s1. The number of amides is 1. The smallest absolute Gasteiger partial charge is 0.335 e. The molecule has 2 rings (SSSR count). The lowest BCUT2D eigenvalue weighted by Crippen LogP contribution is -2.67. The van der Waals surface area contributed by atoms with E-state index in [2.05, 4.69) is 15.5 Å². The number of carbonyl (C=O) groups excluding carboxylic acids is 1. The number of aliphatic hydroxyl groups excluding tert-OH is 2. The first-order valence-electron chi connectivity index (χ1n) is 8.20. The molecule has 148 valence electrons. The van der Waals surface area contributed by atoms with E-state index in [4.69, 9.17) is 26.3 Å². The molecule has 1 fully saturated rings. The van der Waals surface area contributed by atoms with Gasteiger partial charge in [0.25, 0.3) is 5.91 Å². The fourth-order valence-electron chi connectivity index (χ4n) is 2.86. The number of aliphatic hydroxyl groups is 2. The van der Waals surface area contributed by atoms with E-state index in [1.165, 1.54) is 6.92 Å². The van der Waals surface area contributed by atoms with Crippen molar-refractivity contribution in [3.05, 3.63) is 11.8 Å². The highest BCUT2D eigenvalue weighted by atomic mass is 16.4. The summed E-state index contributed by atoms with van der Waals surface area (Å²) in [6.45, 7) is 0.323. The van der Waals surface area contributed by atoms with Crippen molar-refractivity contribution in [2.75, 3.05) is 6.61 Å². The number of nitriles is 1. The van der Waals surface area contributed by atoms with Gasteiger partial charge >= 0.3 is 5.97 Å². The molecule has 1 aliphatic rings. The predicted molar refractivity (Wildman–Crippen MR) is 87.3 cm³/mol. The molecular formula is C15H22N6O6. The summed E-state index contributed by atoms with van der Waals surface area (Å²) in [4.78, 5) is 23.7. The van der Waals surface area contributed by atoms with Crippen molar-refractivity contribution in [2.24, 2.45) is 17.4 Å². The van der Waals surface area contributed by atoms with Crippen LogP contribution in [0.25, 0.3) is 0 Å². The van der Waals surface area contributed by atoms with Crippen LogP contribution in [0.2, 0.25) is 0 Å². The third-order valence-corrected chi connectivity index (χ3v) is 4.70. The number of carboxylic acid groups (broad SMARTS) is 1. The summed E-state index contributed by atoms with van der Waals surface area (Å²) < 4.78 is 5.49. The Balaban J connectivity index is 2.31. The molecule has 8 N–H and O–H groups in total. The van der Waals surface area contributed by atoms with Crippen LogP contribution >= 0.6 is 0 Å². The van der Waals surface area contributed by atoms with E-state index >= 15 is 0 Å². The molecular weight excluding hydrogens is 360 g/mol. The number of rotatable bonds is 8. The highest BCUT2D eigenvalue weighted by molar-refractivity contribution is 6.06. The summed E-state index contributed by atoms with van der Waals surface area (Å²) in [5.74, 6) is -3.01. The molecule has 1 aromatic rings. The number of aromatic nitrogens is 2. The van der Waals surface area contributed by atoms with E-state index in [9.17, 15) is 19.8 Å². The predicted octanol–water partition coefficient (Wildman–Crippen LogP) is -2.14. The molecule has 0 aromatic carbocycles. The van der Waals surface area contributed by atoms with Gasteiger partial charge in [-0.15, -0.1) is 10.2 Å². The monoisotopic (exact) mass is 382 g/mol. The quantitative estimate of drug-likeness (QED) is 0.266. The molecule has 1 aromatic heterocycles. The van der Waals surface area contributed by atoms with E-state index in [-0.39, 0.29) is 37.0 Å². The van der Waals surface area contributed by atoms with Crippen LogP contribution in [0.4, 0.5) is 0 Å². The molecule has 3 atom stereocenters. The lowest BCUT2D eigenvalue weighted by Gasteiger charge is -2.45. The van der Waals surface area contributed by atoms with Crippen LogP contribution in [0.1, 0.15) is 44.0 Å². The summed E-state index contributed by atoms with van der Waals surface area (Å²) >= 11 is 0. The second kappa shape index (κ2) is 7.57. The topological polar surface area (TPSA) is 222 Å². The molecule has 0 spiro atoms. The third-order valence-electron chi connectivity index (χ3n) is 4.70. The van der Waals surface area contributed by atoms with Crippen molar-refractivity contribution >= 4 is 11.9 Å². The SMILES string of the molecule is C[C@@H](O)[C@H](N)c1nnc(C2(NC(=O)C(N)(CO)C(=O)O)CC(CC#N)C2)o1. The molecule has 12 heteroatoms. The first kappa shape index (κ1) is 20.7. The van der Waals surface area contributed by atoms with Crippen LogP contribution < -0.4 is 16.8 Å². The third kappa shape index (κ3) is 3.76. The molecule has 0 bridgehead atoms. The zero-order chi connectivity index (χ0) is 20.4. The summed E-state index contributed by atoms with van der Waals surface area (Å²) in [6, 6.07) is 1.07. The largest absolute Gasteiger partial charge is 0.479 e. The van der Waals surface area contributed by atoms with Crippen molar-refractivity contribution in [3.63, 3.8) is 0 Å². The number of carboxylic acids is 1. The molecule has 0 aliphatic heterocycles. The number of hydrogen-bond donors (Lipinski definition) is 6. The van der Waals surface area contributed by atoms with Gasteiger partial charge in [-0.2, -0.15) is 5.26 Å². The molecule has 0 saturated heterocycles. The van der Waals surface area contributed by atoms with E-state index < -0.39 is 41.7 Å². The fourth-order valence-corrected chi connectivity index (χ4v) is 2.86. The average molecular weight is 382 g/mol. The Morgan fingerprint density at radius 3 is 2.63 bits per heavy atom. The first-order valence-corrected chi connectivity index (χ1v) is 8.20. The Bertz CT molecular complexity index is 752. The molecule has 1 aliphatic carbocycles. The van der Waals surface area contributed by atoms with Crippen LogP contribution in [0.5, 0.6) is 0 Å². The lowest BCUT2D eigenvalue weighted by molar-refractivity contribution is -0.152. The summed E-state index contributed by atoms with van der Waals surface area (Å²) in [5, 5.41) is 46.9. The molecule has 1 saturated carbocycles. The second-order valence-electron chi connectivity index (χ2n) is 6.82. The van der Waals surface area contributed by atoms with Gasteiger partial charge in [-0.1, -0.05) is 0 Å². The lowest BCUT2D eigenvalue weighted by atomic mass is 9.66. The van der Waals surface area contributed by atoms with E-state index in [1.807, 2.05) is 6.07 Å². The minimum Gasteiger partial charge on any atom is -0.479 e. The summed E-state index contributed by atoms with van der Waals surface area (Å²) in [5.41, 5.74) is 7.47. The Kier molecular flexibility index (Phi) is 5.81. The molecule has 0 radical (unpaired) electrons. The van der Waals surface area contributed by atoms with Gasteiger partial charge < -0.3 is 36.5 Å². The molecule has 1 amide bonds. The fraction of sp³-hybridized carbons (Fsp3) is 0.667. The van der Waals surface area contributed by atoms with Crippen molar-refractivity contribution in [2.45, 2.75) is 49.4 Å². The van der Waals surface area contributed by atoms with Crippen LogP contribution in [0, 0.1) is 17.2 Å². The van der Waals surface area contributed by atoms with Gasteiger partial charge in [-0.25, -0.2) is 4.79 Å². The maximum atomic E-state index is 12.4. The van der Waals surface area contributed by atoms with Gasteiger partial charge in [0.05, 0.1) is 18.8 Å². The number of aliphatic carboxylic acids is 1.